The van der Waals surface area contributed by atoms with E-state index in [4.69, 9.17) is 33.0 Å². The van der Waals surface area contributed by atoms with Gasteiger partial charge >= 0.3 is 23.5 Å². The number of amides is 2. The second-order valence-corrected chi connectivity index (χ2v) is 13.4. The van der Waals surface area contributed by atoms with Crippen LogP contribution < -0.4 is 26.7 Å². The number of carboxylic acids is 2. The van der Waals surface area contributed by atoms with Crippen LogP contribution in [0.2, 0.25) is 4.34 Å². The SMILES string of the molecule is C[C@H](ON=C(C(=O)N[C@@H]1C(=O)N2C(C(=O)O)=C(C[n+]3cccc4c3nc(N)n4[C@H]3CCNC3)CSC12)c1nc(N)sc1Cl)C(=O)O. The van der Waals surface area contributed by atoms with Crippen LogP contribution >= 0.6 is 34.7 Å². The Kier molecular flexibility index (Phi) is 8.49. The summed E-state index contributed by atoms with van der Waals surface area (Å²) >= 11 is 8.31. The molecule has 20 heteroatoms. The van der Waals surface area contributed by atoms with E-state index in [1.165, 1.54) is 18.7 Å². The summed E-state index contributed by atoms with van der Waals surface area (Å²) in [7, 11) is 0. The van der Waals surface area contributed by atoms with Crippen molar-refractivity contribution in [2.24, 2.45) is 5.16 Å². The van der Waals surface area contributed by atoms with E-state index in [2.05, 4.69) is 25.8 Å². The summed E-state index contributed by atoms with van der Waals surface area (Å²) in [6.07, 6.45) is 1.27. The highest BCUT2D eigenvalue weighted by atomic mass is 35.5. The quantitative estimate of drug-likeness (QED) is 0.0697. The first-order valence-corrected chi connectivity index (χ1v) is 16.2. The molecule has 6 heterocycles. The number of nitrogens with one attached hydrogen (secondary N) is 2. The van der Waals surface area contributed by atoms with Gasteiger partial charge in [0.15, 0.2) is 10.8 Å². The van der Waals surface area contributed by atoms with E-state index in [0.717, 1.165) is 41.3 Å². The number of imidazole rings is 1. The number of carboxylic acid groups (broad SMARTS) is 2. The minimum Gasteiger partial charge on any atom is -0.478 e. The van der Waals surface area contributed by atoms with Gasteiger partial charge < -0.3 is 37.2 Å². The Morgan fingerprint density at radius 1 is 1.33 bits per heavy atom. The van der Waals surface area contributed by atoms with Gasteiger partial charge in [0.05, 0.1) is 12.2 Å². The lowest BCUT2D eigenvalue weighted by atomic mass is 10.0. The first kappa shape index (κ1) is 31.5. The summed E-state index contributed by atoms with van der Waals surface area (Å²) in [5, 5.41) is 28.1. The predicted molar refractivity (Wildman–Crippen MR) is 167 cm³/mol. The molecule has 242 valence electrons. The van der Waals surface area contributed by atoms with E-state index in [9.17, 15) is 24.3 Å². The third-order valence-electron chi connectivity index (χ3n) is 7.74. The zero-order valence-corrected chi connectivity index (χ0v) is 26.4. The normalized spacial score (nSPS) is 22.0. The Hall–Kier alpha value is -4.46. The monoisotopic (exact) mass is 691 g/mol. The molecule has 17 nitrogen and oxygen atoms in total. The van der Waals surface area contributed by atoms with Crippen molar-refractivity contribution in [2.75, 3.05) is 30.3 Å². The fourth-order valence-electron chi connectivity index (χ4n) is 5.55. The number of thioether (sulfide) groups is 1. The van der Waals surface area contributed by atoms with Crippen LogP contribution in [0.15, 0.2) is 34.8 Å². The van der Waals surface area contributed by atoms with Crippen molar-refractivity contribution in [1.82, 2.24) is 30.1 Å². The predicted octanol–water partition coefficient (Wildman–Crippen LogP) is -0.235. The first-order valence-electron chi connectivity index (χ1n) is 13.9. The third kappa shape index (κ3) is 5.59. The Morgan fingerprint density at radius 3 is 2.76 bits per heavy atom. The number of β-lactam (4-membered cyclic amide) rings is 1. The number of carbonyl (C=O) groups is 4. The molecule has 0 spiro atoms. The highest BCUT2D eigenvalue weighted by molar-refractivity contribution is 8.00. The van der Waals surface area contributed by atoms with Crippen molar-refractivity contribution in [2.45, 2.75) is 43.5 Å². The maximum absolute atomic E-state index is 13.4. The van der Waals surface area contributed by atoms with E-state index >= 15 is 0 Å². The Morgan fingerprint density at radius 2 is 2.11 bits per heavy atom. The van der Waals surface area contributed by atoms with Crippen molar-refractivity contribution >= 4 is 86.4 Å². The van der Waals surface area contributed by atoms with Crippen molar-refractivity contribution in [1.29, 1.82) is 0 Å². The molecule has 2 saturated heterocycles. The highest BCUT2D eigenvalue weighted by Crippen LogP contribution is 2.40. The van der Waals surface area contributed by atoms with Crippen molar-refractivity contribution < 1.29 is 38.8 Å². The van der Waals surface area contributed by atoms with Gasteiger partial charge in [0.1, 0.15) is 39.2 Å². The molecule has 0 radical (unpaired) electrons. The number of hydrogen-bond acceptors (Lipinski definition) is 13. The lowest BCUT2D eigenvalue weighted by Crippen LogP contribution is -2.71. The number of fused-ring (bicyclic) bond motifs is 2. The summed E-state index contributed by atoms with van der Waals surface area (Å²) in [5.74, 6) is -3.63. The van der Waals surface area contributed by atoms with Crippen molar-refractivity contribution in [3.63, 3.8) is 0 Å². The summed E-state index contributed by atoms with van der Waals surface area (Å²) in [6, 6.07) is 2.77. The van der Waals surface area contributed by atoms with E-state index < -0.39 is 47.0 Å². The molecule has 46 heavy (non-hydrogen) atoms. The number of halogens is 1. The zero-order chi connectivity index (χ0) is 32.9. The van der Waals surface area contributed by atoms with E-state index in [-0.39, 0.29) is 39.2 Å². The molecule has 3 aliphatic rings. The number of hydrogen-bond donors (Lipinski definition) is 6. The van der Waals surface area contributed by atoms with Crippen LogP contribution in [0, 0.1) is 0 Å². The summed E-state index contributed by atoms with van der Waals surface area (Å²) in [5.41, 5.74) is 13.1. The van der Waals surface area contributed by atoms with Gasteiger partial charge in [-0.2, -0.15) is 0 Å². The molecule has 2 fully saturated rings. The number of thiazole rings is 1. The average molecular weight is 692 g/mol. The number of oxime groups is 1. The molecule has 8 N–H and O–H groups in total. The number of aromatic nitrogens is 4. The van der Waals surface area contributed by atoms with Crippen LogP contribution in [0.4, 0.5) is 11.1 Å². The largest absolute Gasteiger partial charge is 0.478 e. The van der Waals surface area contributed by atoms with Crippen molar-refractivity contribution in [3.8, 4) is 0 Å². The Bertz CT molecular complexity index is 1840. The van der Waals surface area contributed by atoms with Gasteiger partial charge in [0.25, 0.3) is 11.8 Å². The molecule has 0 aliphatic carbocycles. The van der Waals surface area contributed by atoms with Crippen LogP contribution in [0.1, 0.15) is 25.1 Å². The number of anilines is 2. The third-order valence-corrected chi connectivity index (χ3v) is 10.2. The Labute approximate surface area is 273 Å². The number of rotatable bonds is 10. The van der Waals surface area contributed by atoms with Gasteiger partial charge in [-0.05, 0) is 37.0 Å². The lowest BCUT2D eigenvalue weighted by molar-refractivity contribution is -0.664. The fourth-order valence-corrected chi connectivity index (χ4v) is 7.81. The average Bonchev–Trinajstić information content (AvgIpc) is 3.74. The van der Waals surface area contributed by atoms with Gasteiger partial charge in [-0.15, -0.1) is 11.8 Å². The Balaban J connectivity index is 1.25. The van der Waals surface area contributed by atoms with E-state index in [1.807, 2.05) is 16.7 Å². The number of aliphatic carboxylic acids is 2. The molecular weight excluding hydrogens is 664 g/mol. The smallest absolute Gasteiger partial charge is 0.352 e. The molecule has 1 unspecified atom stereocenters. The topological polar surface area (TPSA) is 244 Å². The molecule has 6 rings (SSSR count). The second kappa shape index (κ2) is 12.4. The molecule has 0 saturated carbocycles. The number of nitrogen functional groups attached to an aromatic ring is 2. The van der Waals surface area contributed by atoms with Crippen LogP contribution in [0.25, 0.3) is 11.2 Å². The van der Waals surface area contributed by atoms with Crippen molar-refractivity contribution in [3.05, 3.63) is 39.6 Å². The van der Waals surface area contributed by atoms with E-state index in [1.54, 1.807) is 10.8 Å². The number of nitrogens with two attached hydrogens (primary N) is 2. The maximum atomic E-state index is 13.4. The van der Waals surface area contributed by atoms with Gasteiger partial charge in [0, 0.05) is 17.9 Å². The van der Waals surface area contributed by atoms with Gasteiger partial charge in [-0.25, -0.2) is 19.1 Å². The summed E-state index contributed by atoms with van der Waals surface area (Å²) in [4.78, 5) is 65.1. The molecule has 2 amide bonds. The van der Waals surface area contributed by atoms with Crippen LogP contribution in [-0.4, -0.2) is 95.5 Å². The standard InChI is InChI=1S/C26H27ClN10O7S2/c1-10(23(40)41)44-34-15(14-18(27)46-26(29)32-14)20(38)31-16-21(39)37-17(24(42)43)11(9-45-22(16)37)8-35-6-2-3-13-19(35)33-25(28)36(13)12-4-5-30-7-12/h2-3,6,10,12,16,22,28,30H,4-5,7-9H2,1H3,(H5,29,31,32,38,40,41,42,43)/p+1/t10-,12-,16+,22?/m0/s1. The first-order chi connectivity index (χ1) is 22.0. The number of carbonyl (C=O) groups excluding carboxylic acids is 2. The molecule has 4 atom stereocenters. The summed E-state index contributed by atoms with van der Waals surface area (Å²) < 4.78 is 3.78. The van der Waals surface area contributed by atoms with Gasteiger partial charge in [-0.1, -0.05) is 28.1 Å². The zero-order valence-electron chi connectivity index (χ0n) is 24.0. The highest BCUT2D eigenvalue weighted by Gasteiger charge is 2.54. The lowest BCUT2D eigenvalue weighted by Gasteiger charge is -2.49. The fraction of sp³-hybridized carbons (Fsp3) is 0.385. The number of nitrogens with zero attached hydrogens (tertiary/aromatic N) is 6. The molecule has 3 aliphatic heterocycles. The van der Waals surface area contributed by atoms with Crippen LogP contribution in [-0.2, 0) is 30.6 Å². The second-order valence-electron chi connectivity index (χ2n) is 10.7. The molecule has 0 aromatic carbocycles. The molecule has 3 aromatic rings. The maximum Gasteiger partial charge on any atom is 0.352 e. The van der Waals surface area contributed by atoms with E-state index in [0.29, 0.717) is 17.2 Å². The minimum absolute atomic E-state index is 0.00802. The van der Waals surface area contributed by atoms with Crippen LogP contribution in [0.5, 0.6) is 0 Å². The van der Waals surface area contributed by atoms with Gasteiger partial charge in [0.2, 0.25) is 6.10 Å². The molecule has 0 bridgehead atoms. The molecule has 3 aromatic heterocycles. The molecular formula is C26H28ClN10O7S2+. The summed E-state index contributed by atoms with van der Waals surface area (Å²) in [6.45, 7) is 2.97. The number of pyridine rings is 1. The van der Waals surface area contributed by atoms with Crippen LogP contribution in [0.3, 0.4) is 0 Å². The minimum atomic E-state index is -1.41. The van der Waals surface area contributed by atoms with Gasteiger partial charge in [-0.3, -0.25) is 19.1 Å².